The second-order valence-electron chi connectivity index (χ2n) is 7.03. The molecule has 30 heavy (non-hydrogen) atoms. The summed E-state index contributed by atoms with van der Waals surface area (Å²) in [5.74, 6) is 0.496. The first-order valence-electron chi connectivity index (χ1n) is 10.1. The van der Waals surface area contributed by atoms with Crippen molar-refractivity contribution < 1.29 is 14.0 Å². The molecule has 3 aromatic rings. The molecule has 0 spiro atoms. The molecule has 0 fully saturated rings. The molecule has 0 aliphatic carbocycles. The van der Waals surface area contributed by atoms with E-state index in [-0.39, 0.29) is 18.4 Å². The van der Waals surface area contributed by atoms with Crippen molar-refractivity contribution in [1.82, 2.24) is 15.2 Å². The SMILES string of the molecule is CCCNC(=O)CN(CCC)C(=O)c1oc2ccccc2c1CSc1nc(C)cs1. The van der Waals surface area contributed by atoms with Crippen molar-refractivity contribution in [3.63, 3.8) is 0 Å². The van der Waals surface area contributed by atoms with Crippen molar-refractivity contribution in [1.29, 1.82) is 0 Å². The van der Waals surface area contributed by atoms with Crippen LogP contribution in [0.5, 0.6) is 0 Å². The number of amides is 2. The van der Waals surface area contributed by atoms with Gasteiger partial charge in [0.2, 0.25) is 5.91 Å². The summed E-state index contributed by atoms with van der Waals surface area (Å²) in [6, 6.07) is 7.67. The second kappa shape index (κ2) is 10.6. The van der Waals surface area contributed by atoms with Crippen LogP contribution < -0.4 is 5.32 Å². The average molecular weight is 446 g/mol. The summed E-state index contributed by atoms with van der Waals surface area (Å²) in [7, 11) is 0. The monoisotopic (exact) mass is 445 g/mol. The lowest BCUT2D eigenvalue weighted by atomic mass is 10.1. The number of thiazole rings is 1. The summed E-state index contributed by atoms with van der Waals surface area (Å²) < 4.78 is 6.95. The van der Waals surface area contributed by atoms with Gasteiger partial charge in [0.25, 0.3) is 5.91 Å². The minimum atomic E-state index is -0.245. The van der Waals surface area contributed by atoms with Crippen LogP contribution in [-0.4, -0.2) is 41.3 Å². The summed E-state index contributed by atoms with van der Waals surface area (Å²) in [5.41, 5.74) is 2.52. The number of furan rings is 1. The van der Waals surface area contributed by atoms with Gasteiger partial charge < -0.3 is 14.6 Å². The first kappa shape index (κ1) is 22.4. The highest BCUT2D eigenvalue weighted by Crippen LogP contribution is 2.33. The summed E-state index contributed by atoms with van der Waals surface area (Å²) >= 11 is 3.19. The molecular weight excluding hydrogens is 418 g/mol. The molecule has 0 saturated heterocycles. The van der Waals surface area contributed by atoms with Crippen LogP contribution in [0.2, 0.25) is 0 Å². The van der Waals surface area contributed by atoms with Gasteiger partial charge in [-0.3, -0.25) is 9.59 Å². The van der Waals surface area contributed by atoms with Crippen LogP contribution in [0.4, 0.5) is 0 Å². The van der Waals surface area contributed by atoms with Crippen LogP contribution in [0.25, 0.3) is 11.0 Å². The third-order valence-electron chi connectivity index (χ3n) is 4.52. The first-order valence-corrected chi connectivity index (χ1v) is 12.0. The third kappa shape index (κ3) is 5.43. The van der Waals surface area contributed by atoms with E-state index >= 15 is 0 Å². The Kier molecular flexibility index (Phi) is 7.93. The lowest BCUT2D eigenvalue weighted by Crippen LogP contribution is -2.41. The van der Waals surface area contributed by atoms with E-state index in [4.69, 9.17) is 4.42 Å². The van der Waals surface area contributed by atoms with Gasteiger partial charge in [0, 0.05) is 40.9 Å². The fraction of sp³-hybridized carbons (Fsp3) is 0.409. The van der Waals surface area contributed by atoms with Gasteiger partial charge in [-0.2, -0.15) is 0 Å². The highest BCUT2D eigenvalue weighted by Gasteiger charge is 2.26. The molecule has 2 heterocycles. The zero-order valence-electron chi connectivity index (χ0n) is 17.6. The Hall–Kier alpha value is -2.32. The fourth-order valence-electron chi connectivity index (χ4n) is 3.11. The van der Waals surface area contributed by atoms with Crippen molar-refractivity contribution in [3.05, 3.63) is 46.7 Å². The molecule has 0 saturated carbocycles. The van der Waals surface area contributed by atoms with Crippen molar-refractivity contribution in [2.45, 2.75) is 43.7 Å². The molecule has 1 N–H and O–H groups in total. The average Bonchev–Trinajstić information content (AvgIpc) is 3.33. The first-order chi connectivity index (χ1) is 14.5. The molecule has 0 aliphatic rings. The zero-order valence-corrected chi connectivity index (χ0v) is 19.2. The molecule has 0 atom stereocenters. The van der Waals surface area contributed by atoms with Crippen molar-refractivity contribution in [3.8, 4) is 0 Å². The number of fused-ring (bicyclic) bond motifs is 1. The lowest BCUT2D eigenvalue weighted by molar-refractivity contribution is -0.121. The fourth-order valence-corrected chi connectivity index (χ4v) is 4.98. The number of hydrogen-bond donors (Lipinski definition) is 1. The maximum atomic E-state index is 13.4. The molecule has 0 aliphatic heterocycles. The number of aromatic nitrogens is 1. The minimum absolute atomic E-state index is 0.0297. The van der Waals surface area contributed by atoms with Crippen LogP contribution in [0.15, 0.2) is 38.4 Å². The Morgan fingerprint density at radius 1 is 1.23 bits per heavy atom. The predicted octanol–water partition coefficient (Wildman–Crippen LogP) is 4.87. The van der Waals surface area contributed by atoms with Crippen LogP contribution >= 0.6 is 23.1 Å². The van der Waals surface area contributed by atoms with E-state index in [0.717, 1.165) is 33.8 Å². The normalized spacial score (nSPS) is 11.0. The smallest absolute Gasteiger partial charge is 0.290 e. The maximum absolute atomic E-state index is 13.4. The standard InChI is InChI=1S/C22H27N3O3S2/c1-4-10-23-19(26)12-25(11-5-2)21(27)20-17(14-30-22-24-15(3)13-29-22)16-8-6-7-9-18(16)28-20/h6-9,13H,4-5,10-12,14H2,1-3H3,(H,23,26). The number of carbonyl (C=O) groups excluding carboxylic acids is 2. The summed E-state index contributed by atoms with van der Waals surface area (Å²) in [5, 5.41) is 5.78. The number of thioether (sulfide) groups is 1. The van der Waals surface area contributed by atoms with E-state index in [1.807, 2.05) is 50.4 Å². The van der Waals surface area contributed by atoms with Gasteiger partial charge in [-0.05, 0) is 25.8 Å². The molecule has 3 rings (SSSR count). The Balaban J connectivity index is 1.88. The Bertz CT molecular complexity index is 1010. The van der Waals surface area contributed by atoms with Gasteiger partial charge in [0.1, 0.15) is 9.92 Å². The Labute approximate surface area is 185 Å². The molecule has 2 amide bonds. The van der Waals surface area contributed by atoms with Crippen molar-refractivity contribution in [2.75, 3.05) is 19.6 Å². The van der Waals surface area contributed by atoms with Gasteiger partial charge in [-0.1, -0.05) is 43.8 Å². The van der Waals surface area contributed by atoms with E-state index in [2.05, 4.69) is 10.3 Å². The van der Waals surface area contributed by atoms with E-state index in [0.29, 0.717) is 30.2 Å². The van der Waals surface area contributed by atoms with Crippen LogP contribution in [0.3, 0.4) is 0 Å². The summed E-state index contributed by atoms with van der Waals surface area (Å²) in [6.45, 7) is 7.08. The quantitative estimate of drug-likeness (QED) is 0.451. The van der Waals surface area contributed by atoms with Crippen molar-refractivity contribution >= 4 is 45.9 Å². The summed E-state index contributed by atoms with van der Waals surface area (Å²) in [4.78, 5) is 31.7. The van der Waals surface area contributed by atoms with Crippen LogP contribution in [0.1, 0.15) is 48.5 Å². The summed E-state index contributed by atoms with van der Waals surface area (Å²) in [6.07, 6.45) is 1.62. The van der Waals surface area contributed by atoms with Gasteiger partial charge in [-0.15, -0.1) is 11.3 Å². The number of carbonyl (C=O) groups is 2. The van der Waals surface area contributed by atoms with Gasteiger partial charge >= 0.3 is 0 Å². The Morgan fingerprint density at radius 3 is 2.73 bits per heavy atom. The highest BCUT2D eigenvalue weighted by atomic mass is 32.2. The number of para-hydroxylation sites is 1. The largest absolute Gasteiger partial charge is 0.451 e. The molecule has 2 aromatic heterocycles. The Morgan fingerprint density at radius 2 is 2.03 bits per heavy atom. The van der Waals surface area contributed by atoms with Crippen LogP contribution in [0, 0.1) is 6.92 Å². The molecule has 8 heteroatoms. The minimum Gasteiger partial charge on any atom is -0.451 e. The predicted molar refractivity (Wildman–Crippen MR) is 122 cm³/mol. The van der Waals surface area contributed by atoms with Gasteiger partial charge in [-0.25, -0.2) is 4.98 Å². The number of benzene rings is 1. The van der Waals surface area contributed by atoms with Crippen LogP contribution in [-0.2, 0) is 10.5 Å². The number of rotatable bonds is 10. The van der Waals surface area contributed by atoms with Gasteiger partial charge in [0.15, 0.2) is 5.76 Å². The van der Waals surface area contributed by atoms with E-state index in [1.165, 1.54) is 0 Å². The van der Waals surface area contributed by atoms with Gasteiger partial charge in [0.05, 0.1) is 6.54 Å². The van der Waals surface area contributed by atoms with E-state index in [1.54, 1.807) is 28.0 Å². The molecule has 6 nitrogen and oxygen atoms in total. The molecule has 0 unspecified atom stereocenters. The number of aryl methyl sites for hydroxylation is 1. The molecule has 1 aromatic carbocycles. The molecule has 0 radical (unpaired) electrons. The molecule has 0 bridgehead atoms. The second-order valence-corrected chi connectivity index (χ2v) is 9.11. The molecular formula is C22H27N3O3S2. The van der Waals surface area contributed by atoms with E-state index in [9.17, 15) is 9.59 Å². The van der Waals surface area contributed by atoms with Crippen molar-refractivity contribution in [2.24, 2.45) is 0 Å². The topological polar surface area (TPSA) is 75.4 Å². The number of nitrogens with one attached hydrogen (secondary N) is 1. The lowest BCUT2D eigenvalue weighted by Gasteiger charge is -2.21. The zero-order chi connectivity index (χ0) is 21.5. The third-order valence-corrected chi connectivity index (χ3v) is 6.68. The van der Waals surface area contributed by atoms with E-state index < -0.39 is 0 Å². The molecule has 160 valence electrons. The highest BCUT2D eigenvalue weighted by molar-refractivity contribution is 8.00. The maximum Gasteiger partial charge on any atom is 0.290 e. The number of hydrogen-bond acceptors (Lipinski definition) is 6. The number of nitrogens with zero attached hydrogens (tertiary/aromatic N) is 2.